The molecule has 2 N–H and O–H groups in total. The van der Waals surface area contributed by atoms with Crippen molar-refractivity contribution >= 4 is 5.69 Å². The fourth-order valence-electron chi connectivity index (χ4n) is 2.09. The van der Waals surface area contributed by atoms with E-state index < -0.39 is 0 Å². The molecule has 102 valence electrons. The van der Waals surface area contributed by atoms with E-state index in [-0.39, 0.29) is 17.9 Å². The Balaban J connectivity index is 2.99. The van der Waals surface area contributed by atoms with Gasteiger partial charge in [-0.2, -0.15) is 0 Å². The third kappa shape index (κ3) is 3.43. The first-order valence-electron chi connectivity index (χ1n) is 6.31. The van der Waals surface area contributed by atoms with Crippen LogP contribution in [0, 0.1) is 5.82 Å². The summed E-state index contributed by atoms with van der Waals surface area (Å²) in [4.78, 5) is 1.99. The van der Waals surface area contributed by atoms with E-state index in [0.717, 1.165) is 12.1 Å². The van der Waals surface area contributed by atoms with Gasteiger partial charge in [0, 0.05) is 25.7 Å². The molecule has 0 bridgehead atoms. The summed E-state index contributed by atoms with van der Waals surface area (Å²) in [5, 5.41) is 0. The Bertz CT molecular complexity index is 382. The Morgan fingerprint density at radius 2 is 2.06 bits per heavy atom. The second-order valence-corrected chi connectivity index (χ2v) is 4.59. The number of nitrogens with zero attached hydrogens (tertiary/aromatic N) is 1. The van der Waals surface area contributed by atoms with Gasteiger partial charge in [-0.3, -0.25) is 0 Å². The third-order valence-electron chi connectivity index (χ3n) is 3.09. The fraction of sp³-hybridized carbons (Fsp3) is 0.571. The molecular weight excluding hydrogens is 231 g/mol. The molecule has 0 saturated carbocycles. The number of methoxy groups -OCH3 is 1. The van der Waals surface area contributed by atoms with E-state index in [1.165, 1.54) is 6.07 Å². The third-order valence-corrected chi connectivity index (χ3v) is 3.09. The van der Waals surface area contributed by atoms with Crippen LogP contribution in [0.2, 0.25) is 0 Å². The number of hydrogen-bond acceptors (Lipinski definition) is 3. The van der Waals surface area contributed by atoms with Gasteiger partial charge in [-0.15, -0.1) is 0 Å². The number of hydrogen-bond donors (Lipinski definition) is 1. The van der Waals surface area contributed by atoms with E-state index in [4.69, 9.17) is 10.5 Å². The molecule has 18 heavy (non-hydrogen) atoms. The summed E-state index contributed by atoms with van der Waals surface area (Å²) in [6.45, 7) is 7.18. The highest BCUT2D eigenvalue weighted by Crippen LogP contribution is 2.24. The molecule has 0 heterocycles. The van der Waals surface area contributed by atoms with Crippen molar-refractivity contribution in [3.8, 4) is 0 Å². The van der Waals surface area contributed by atoms with Crippen LogP contribution in [0.4, 0.5) is 10.1 Å². The van der Waals surface area contributed by atoms with E-state index in [0.29, 0.717) is 12.3 Å². The van der Waals surface area contributed by atoms with Gasteiger partial charge in [-0.1, -0.05) is 6.07 Å². The molecule has 0 aliphatic rings. The molecule has 3 nitrogen and oxygen atoms in total. The number of likely N-dealkylation sites (N-methyl/N-ethyl adjacent to an activating group) is 1. The topological polar surface area (TPSA) is 38.5 Å². The second-order valence-electron chi connectivity index (χ2n) is 4.59. The van der Waals surface area contributed by atoms with Crippen LogP contribution in [-0.2, 0) is 4.74 Å². The van der Waals surface area contributed by atoms with Crippen molar-refractivity contribution in [2.75, 3.05) is 25.2 Å². The summed E-state index contributed by atoms with van der Waals surface area (Å²) in [5.74, 6) is -0.227. The highest BCUT2D eigenvalue weighted by molar-refractivity contribution is 5.50. The number of nitrogens with two attached hydrogens (primary N) is 1. The fourth-order valence-corrected chi connectivity index (χ4v) is 2.09. The summed E-state index contributed by atoms with van der Waals surface area (Å²) in [5.41, 5.74) is 7.16. The minimum absolute atomic E-state index is 0.135. The molecule has 0 spiro atoms. The van der Waals surface area contributed by atoms with Crippen molar-refractivity contribution in [2.45, 2.75) is 32.9 Å². The monoisotopic (exact) mass is 254 g/mol. The van der Waals surface area contributed by atoms with Crippen molar-refractivity contribution in [1.29, 1.82) is 0 Å². The maximum atomic E-state index is 14.1. The summed E-state index contributed by atoms with van der Waals surface area (Å²) >= 11 is 0. The zero-order valence-corrected chi connectivity index (χ0v) is 11.6. The molecule has 0 aliphatic heterocycles. The molecule has 0 aliphatic carbocycles. The highest BCUT2D eigenvalue weighted by atomic mass is 19.1. The number of halogens is 1. The van der Waals surface area contributed by atoms with E-state index in [1.807, 2.05) is 31.7 Å². The first-order chi connectivity index (χ1) is 8.51. The molecule has 2 atom stereocenters. The van der Waals surface area contributed by atoms with Gasteiger partial charge >= 0.3 is 0 Å². The summed E-state index contributed by atoms with van der Waals surface area (Å²) in [7, 11) is 1.65. The molecule has 0 saturated heterocycles. The Kier molecular flexibility index (Phi) is 5.56. The molecule has 4 heteroatoms. The predicted molar refractivity (Wildman–Crippen MR) is 73.4 cm³/mol. The van der Waals surface area contributed by atoms with Crippen LogP contribution in [0.25, 0.3) is 0 Å². The van der Waals surface area contributed by atoms with E-state index >= 15 is 0 Å². The van der Waals surface area contributed by atoms with Gasteiger partial charge in [-0.05, 0) is 38.5 Å². The average Bonchev–Trinajstić information content (AvgIpc) is 2.32. The van der Waals surface area contributed by atoms with Crippen LogP contribution in [0.1, 0.15) is 32.4 Å². The van der Waals surface area contributed by atoms with Crippen LogP contribution in [0.15, 0.2) is 18.2 Å². The van der Waals surface area contributed by atoms with Crippen molar-refractivity contribution in [1.82, 2.24) is 0 Å². The van der Waals surface area contributed by atoms with Gasteiger partial charge in [0.1, 0.15) is 5.82 Å². The molecule has 1 aromatic carbocycles. The van der Waals surface area contributed by atoms with Crippen LogP contribution < -0.4 is 10.6 Å². The highest BCUT2D eigenvalue weighted by Gasteiger charge is 2.17. The van der Waals surface area contributed by atoms with Crippen molar-refractivity contribution in [3.63, 3.8) is 0 Å². The normalized spacial score (nSPS) is 14.3. The molecule has 0 fully saturated rings. The van der Waals surface area contributed by atoms with Crippen molar-refractivity contribution in [3.05, 3.63) is 29.6 Å². The van der Waals surface area contributed by atoms with Crippen molar-refractivity contribution in [2.24, 2.45) is 5.73 Å². The Hall–Kier alpha value is -1.13. The van der Waals surface area contributed by atoms with Gasteiger partial charge in [0.2, 0.25) is 0 Å². The van der Waals surface area contributed by atoms with E-state index in [9.17, 15) is 4.39 Å². The average molecular weight is 254 g/mol. The number of rotatable bonds is 6. The second kappa shape index (κ2) is 6.71. The van der Waals surface area contributed by atoms with Crippen LogP contribution >= 0.6 is 0 Å². The predicted octanol–water partition coefficient (Wildman–Crippen LogP) is 2.71. The molecule has 0 aromatic heterocycles. The lowest BCUT2D eigenvalue weighted by molar-refractivity contribution is 0.181. The smallest absolute Gasteiger partial charge is 0.146 e. The number of anilines is 1. The summed E-state index contributed by atoms with van der Waals surface area (Å²) < 4.78 is 19.2. The van der Waals surface area contributed by atoms with E-state index in [1.54, 1.807) is 13.2 Å². The first-order valence-corrected chi connectivity index (χ1v) is 6.31. The molecule has 0 amide bonds. The summed E-state index contributed by atoms with van der Waals surface area (Å²) in [6, 6.07) is 5.17. The number of benzene rings is 1. The number of ether oxygens (including phenoxy) is 1. The van der Waals surface area contributed by atoms with Crippen LogP contribution in [0.3, 0.4) is 0 Å². The maximum absolute atomic E-state index is 14.1. The van der Waals surface area contributed by atoms with Gasteiger partial charge < -0.3 is 15.4 Å². The zero-order chi connectivity index (χ0) is 13.7. The Labute approximate surface area is 109 Å². The van der Waals surface area contributed by atoms with E-state index in [2.05, 4.69) is 0 Å². The molecule has 1 aromatic rings. The largest absolute Gasteiger partial charge is 0.383 e. The van der Waals surface area contributed by atoms with Gasteiger partial charge in [0.15, 0.2) is 0 Å². The minimum Gasteiger partial charge on any atom is -0.383 e. The maximum Gasteiger partial charge on any atom is 0.146 e. The van der Waals surface area contributed by atoms with Gasteiger partial charge in [-0.25, -0.2) is 4.39 Å². The Morgan fingerprint density at radius 1 is 1.39 bits per heavy atom. The lowest BCUT2D eigenvalue weighted by atomic mass is 10.1. The van der Waals surface area contributed by atoms with Gasteiger partial charge in [0.05, 0.1) is 12.3 Å². The molecule has 1 rings (SSSR count). The molecule has 2 unspecified atom stereocenters. The molecular formula is C14H23FN2O. The molecule has 0 radical (unpaired) electrons. The standard InChI is InChI=1S/C14H23FN2O/c1-5-17(10(2)9-18-4)14-7-6-12(11(3)16)8-13(14)15/h6-8,10-11H,5,9,16H2,1-4H3. The van der Waals surface area contributed by atoms with Crippen LogP contribution in [0.5, 0.6) is 0 Å². The van der Waals surface area contributed by atoms with Crippen molar-refractivity contribution < 1.29 is 9.13 Å². The minimum atomic E-state index is -0.227. The first kappa shape index (κ1) is 14.9. The van der Waals surface area contributed by atoms with Gasteiger partial charge in [0.25, 0.3) is 0 Å². The SMILES string of the molecule is CCN(c1ccc(C(C)N)cc1F)C(C)COC. The Morgan fingerprint density at radius 3 is 2.50 bits per heavy atom. The summed E-state index contributed by atoms with van der Waals surface area (Å²) in [6.07, 6.45) is 0. The van der Waals surface area contributed by atoms with Crippen LogP contribution in [-0.4, -0.2) is 26.3 Å². The lowest BCUT2D eigenvalue weighted by Crippen LogP contribution is -2.36. The lowest BCUT2D eigenvalue weighted by Gasteiger charge is -2.30. The quantitative estimate of drug-likeness (QED) is 0.848. The zero-order valence-electron chi connectivity index (χ0n) is 11.6.